The van der Waals surface area contributed by atoms with Crippen LogP contribution in [0.15, 0.2) is 24.3 Å². The molecule has 0 unspecified atom stereocenters. The Morgan fingerprint density at radius 2 is 1.08 bits per heavy atom. The van der Waals surface area contributed by atoms with Crippen LogP contribution in [-0.2, 0) is 0 Å². The van der Waals surface area contributed by atoms with Crippen LogP contribution in [0.4, 0.5) is 0 Å². The molecule has 0 aliphatic carbocycles. The highest BCUT2D eigenvalue weighted by atomic mass is 35.5. The number of rotatable bonds is 2. The number of benzene rings is 1. The number of carboxylic acid groups (broad SMARTS) is 2. The Morgan fingerprint density at radius 3 is 1.23 bits per heavy atom. The molecule has 0 fully saturated rings. The molecular weight excluding hydrogens is 196 g/mol. The fourth-order valence-corrected chi connectivity index (χ4v) is 0.755. The lowest BCUT2D eigenvalue weighted by Gasteiger charge is -1.94. The normalized spacial score (nSPS) is 8.62. The van der Waals surface area contributed by atoms with Gasteiger partial charge in [0.2, 0.25) is 0 Å². The summed E-state index contributed by atoms with van der Waals surface area (Å²) >= 11 is 0. The van der Waals surface area contributed by atoms with E-state index in [0.717, 1.165) is 0 Å². The highest BCUT2D eigenvalue weighted by Gasteiger charge is 2.04. The summed E-state index contributed by atoms with van der Waals surface area (Å²) in [5, 5.41) is 16.9. The lowest BCUT2D eigenvalue weighted by molar-refractivity contribution is 0.0681. The van der Waals surface area contributed by atoms with Gasteiger partial charge in [0.15, 0.2) is 0 Å². The molecule has 0 radical (unpaired) electrons. The van der Waals surface area contributed by atoms with Crippen molar-refractivity contribution in [3.63, 3.8) is 0 Å². The smallest absolute Gasteiger partial charge is 0.335 e. The van der Waals surface area contributed by atoms with E-state index in [-0.39, 0.29) is 23.5 Å². The van der Waals surface area contributed by atoms with Crippen LogP contribution in [0.2, 0.25) is 0 Å². The first-order chi connectivity index (χ1) is 5.61. The molecule has 0 saturated heterocycles. The zero-order chi connectivity index (χ0) is 9.14. The molecule has 0 bridgehead atoms. The topological polar surface area (TPSA) is 74.6 Å². The minimum Gasteiger partial charge on any atom is -0.478 e. The van der Waals surface area contributed by atoms with Crippen LogP contribution in [0.25, 0.3) is 0 Å². The predicted molar refractivity (Wildman–Crippen MR) is 47.6 cm³/mol. The zero-order valence-corrected chi connectivity index (χ0v) is 7.25. The first-order valence-corrected chi connectivity index (χ1v) is 3.18. The lowest BCUT2D eigenvalue weighted by Crippen LogP contribution is -1.99. The van der Waals surface area contributed by atoms with Crippen molar-refractivity contribution in [1.82, 2.24) is 0 Å². The van der Waals surface area contributed by atoms with Crippen LogP contribution in [0.3, 0.4) is 0 Å². The minimum atomic E-state index is -1.06. The molecule has 0 aromatic heterocycles. The van der Waals surface area contributed by atoms with E-state index < -0.39 is 11.9 Å². The number of carboxylic acids is 2. The number of hydrogen-bond donors (Lipinski definition) is 2. The third kappa shape index (κ3) is 2.76. The van der Waals surface area contributed by atoms with Gasteiger partial charge in [-0.25, -0.2) is 9.59 Å². The second-order valence-electron chi connectivity index (χ2n) is 2.19. The van der Waals surface area contributed by atoms with Gasteiger partial charge in [-0.3, -0.25) is 0 Å². The average Bonchev–Trinajstić information content (AvgIpc) is 2.04. The Kier molecular flexibility index (Phi) is 3.94. The van der Waals surface area contributed by atoms with Gasteiger partial charge in [0.25, 0.3) is 0 Å². The summed E-state index contributed by atoms with van der Waals surface area (Å²) in [5.74, 6) is -2.13. The SMILES string of the molecule is Cl.O=C(O)c1ccc(C(=O)O)cc1. The summed E-state index contributed by atoms with van der Waals surface area (Å²) in [6.45, 7) is 0. The van der Waals surface area contributed by atoms with Gasteiger partial charge in [0.1, 0.15) is 0 Å². The summed E-state index contributed by atoms with van der Waals surface area (Å²) in [6.07, 6.45) is 0. The molecule has 0 heterocycles. The van der Waals surface area contributed by atoms with Gasteiger partial charge in [-0.2, -0.15) is 0 Å². The molecule has 0 aliphatic heterocycles. The maximum atomic E-state index is 10.3. The number of halogens is 1. The van der Waals surface area contributed by atoms with Gasteiger partial charge in [0, 0.05) is 0 Å². The molecule has 2 N–H and O–H groups in total. The standard InChI is InChI=1S/C8H6O4.ClH/c9-7(10)5-1-2-6(4-3-5)8(11)12;/h1-4H,(H,9,10)(H,11,12);1H. The first-order valence-electron chi connectivity index (χ1n) is 3.18. The highest BCUT2D eigenvalue weighted by Crippen LogP contribution is 2.03. The molecular formula is C8H7ClO4. The van der Waals surface area contributed by atoms with Crippen molar-refractivity contribution in [1.29, 1.82) is 0 Å². The Hall–Kier alpha value is -1.55. The van der Waals surface area contributed by atoms with Gasteiger partial charge in [-0.1, -0.05) is 0 Å². The van der Waals surface area contributed by atoms with Crippen molar-refractivity contribution in [3.05, 3.63) is 35.4 Å². The molecule has 0 spiro atoms. The van der Waals surface area contributed by atoms with Crippen LogP contribution < -0.4 is 0 Å². The van der Waals surface area contributed by atoms with E-state index in [1.807, 2.05) is 0 Å². The van der Waals surface area contributed by atoms with E-state index in [4.69, 9.17) is 10.2 Å². The molecule has 5 heteroatoms. The van der Waals surface area contributed by atoms with Crippen molar-refractivity contribution in [2.24, 2.45) is 0 Å². The Bertz CT molecular complexity index is 284. The van der Waals surface area contributed by atoms with E-state index in [1.54, 1.807) is 0 Å². The lowest BCUT2D eigenvalue weighted by atomic mass is 10.1. The van der Waals surface area contributed by atoms with Crippen molar-refractivity contribution < 1.29 is 19.8 Å². The maximum absolute atomic E-state index is 10.3. The monoisotopic (exact) mass is 202 g/mol. The van der Waals surface area contributed by atoms with Crippen LogP contribution in [0.1, 0.15) is 20.7 Å². The molecule has 0 amide bonds. The number of aromatic carboxylic acids is 2. The van der Waals surface area contributed by atoms with Crippen LogP contribution in [0.5, 0.6) is 0 Å². The van der Waals surface area contributed by atoms with Crippen molar-refractivity contribution in [3.8, 4) is 0 Å². The number of carbonyl (C=O) groups is 2. The van der Waals surface area contributed by atoms with E-state index in [9.17, 15) is 9.59 Å². The fourth-order valence-electron chi connectivity index (χ4n) is 0.755. The van der Waals surface area contributed by atoms with E-state index in [0.29, 0.717) is 0 Å². The van der Waals surface area contributed by atoms with Crippen molar-refractivity contribution >= 4 is 24.3 Å². The maximum Gasteiger partial charge on any atom is 0.335 e. The van der Waals surface area contributed by atoms with E-state index >= 15 is 0 Å². The van der Waals surface area contributed by atoms with Crippen molar-refractivity contribution in [2.45, 2.75) is 0 Å². The number of hydrogen-bond acceptors (Lipinski definition) is 2. The third-order valence-corrected chi connectivity index (χ3v) is 1.38. The van der Waals surface area contributed by atoms with Crippen LogP contribution in [0, 0.1) is 0 Å². The van der Waals surface area contributed by atoms with Gasteiger partial charge in [0.05, 0.1) is 11.1 Å². The van der Waals surface area contributed by atoms with E-state index in [1.165, 1.54) is 24.3 Å². The summed E-state index contributed by atoms with van der Waals surface area (Å²) in [6, 6.07) is 5.02. The zero-order valence-electron chi connectivity index (χ0n) is 6.43. The summed E-state index contributed by atoms with van der Waals surface area (Å²) in [7, 11) is 0. The molecule has 0 aliphatic rings. The summed E-state index contributed by atoms with van der Waals surface area (Å²) in [5.41, 5.74) is 0.167. The van der Waals surface area contributed by atoms with Gasteiger partial charge in [-0.05, 0) is 24.3 Å². The first kappa shape index (κ1) is 11.4. The van der Waals surface area contributed by atoms with E-state index in [2.05, 4.69) is 0 Å². The molecule has 1 aromatic carbocycles. The summed E-state index contributed by atoms with van der Waals surface area (Å²) < 4.78 is 0. The molecule has 0 atom stereocenters. The molecule has 1 aromatic rings. The third-order valence-electron chi connectivity index (χ3n) is 1.38. The van der Waals surface area contributed by atoms with Crippen LogP contribution >= 0.6 is 12.4 Å². The molecule has 0 saturated carbocycles. The average molecular weight is 203 g/mol. The van der Waals surface area contributed by atoms with Crippen LogP contribution in [-0.4, -0.2) is 22.2 Å². The Balaban J connectivity index is 0.00000144. The molecule has 70 valence electrons. The largest absolute Gasteiger partial charge is 0.478 e. The van der Waals surface area contributed by atoms with Gasteiger partial charge >= 0.3 is 11.9 Å². The summed E-state index contributed by atoms with van der Waals surface area (Å²) in [4.78, 5) is 20.7. The second kappa shape index (κ2) is 4.47. The van der Waals surface area contributed by atoms with Gasteiger partial charge in [-0.15, -0.1) is 12.4 Å². The molecule has 1 rings (SSSR count). The van der Waals surface area contributed by atoms with Gasteiger partial charge < -0.3 is 10.2 Å². The Labute approximate surface area is 80.2 Å². The Morgan fingerprint density at radius 1 is 0.846 bits per heavy atom. The molecule has 13 heavy (non-hydrogen) atoms. The quantitative estimate of drug-likeness (QED) is 0.762. The predicted octanol–water partition coefficient (Wildman–Crippen LogP) is 1.50. The fraction of sp³-hybridized carbons (Fsp3) is 0. The highest BCUT2D eigenvalue weighted by molar-refractivity contribution is 5.91. The molecule has 4 nitrogen and oxygen atoms in total. The minimum absolute atomic E-state index is 0. The second-order valence-corrected chi connectivity index (χ2v) is 2.19. The van der Waals surface area contributed by atoms with Crippen molar-refractivity contribution in [2.75, 3.05) is 0 Å².